The second-order valence-electron chi connectivity index (χ2n) is 6.91. The highest BCUT2D eigenvalue weighted by Crippen LogP contribution is 3.18. The topological polar surface area (TPSA) is 0 Å². The Kier molecular flexibility index (Phi) is 0.401. The fourth-order valence-corrected chi connectivity index (χ4v) is 8.10. The molecular weight excluding hydrogens is 144 g/mol. The van der Waals surface area contributed by atoms with E-state index in [-0.39, 0.29) is 0 Å². The summed E-state index contributed by atoms with van der Waals surface area (Å²) in [7, 11) is 0. The van der Waals surface area contributed by atoms with Gasteiger partial charge in [0.15, 0.2) is 0 Å². The van der Waals surface area contributed by atoms with Crippen molar-refractivity contribution in [1.29, 1.82) is 0 Å². The van der Waals surface area contributed by atoms with Gasteiger partial charge in [-0.1, -0.05) is 27.7 Å². The van der Waals surface area contributed by atoms with Gasteiger partial charge >= 0.3 is 0 Å². The summed E-state index contributed by atoms with van der Waals surface area (Å²) in [4.78, 5) is 0. The third kappa shape index (κ3) is 0.140. The Hall–Kier alpha value is 0. The van der Waals surface area contributed by atoms with Gasteiger partial charge < -0.3 is 0 Å². The molecule has 0 radical (unpaired) electrons. The first-order valence-corrected chi connectivity index (χ1v) is 5.49. The molecule has 0 saturated heterocycles. The van der Waals surface area contributed by atoms with E-state index in [9.17, 15) is 0 Å². The molecule has 0 unspecified atom stereocenters. The van der Waals surface area contributed by atoms with Gasteiger partial charge in [-0.25, -0.2) is 0 Å². The zero-order valence-corrected chi connectivity index (χ0v) is 8.31. The van der Waals surface area contributed by atoms with E-state index < -0.39 is 0 Å². The standard InChI is InChI=1S/C12H16/c1-9-5-6-8-7(5)11(9,3)12(8,4)10(6,9)2/h5-8H,1-4H3. The quantitative estimate of drug-likeness (QED) is 0.511. The predicted octanol–water partition coefficient (Wildman–Crippen LogP) is 2.54. The summed E-state index contributed by atoms with van der Waals surface area (Å²) in [6, 6.07) is 0. The lowest BCUT2D eigenvalue weighted by molar-refractivity contribution is -0.731. The number of rotatable bonds is 0. The van der Waals surface area contributed by atoms with Crippen molar-refractivity contribution in [3.8, 4) is 0 Å². The molecular formula is C12H16. The molecule has 0 nitrogen and oxygen atoms in total. The molecule has 0 amide bonds. The van der Waals surface area contributed by atoms with Crippen LogP contribution in [0.5, 0.6) is 0 Å². The van der Waals surface area contributed by atoms with Crippen LogP contribution in [0.25, 0.3) is 0 Å². The van der Waals surface area contributed by atoms with Gasteiger partial charge in [-0.3, -0.25) is 0 Å². The maximum Gasteiger partial charge on any atom is -0.0167 e. The minimum absolute atomic E-state index is 0.804. The molecule has 12 heavy (non-hydrogen) atoms. The van der Waals surface area contributed by atoms with Gasteiger partial charge in [0.25, 0.3) is 0 Å². The third-order valence-electron chi connectivity index (χ3n) is 8.53. The molecule has 0 bridgehead atoms. The van der Waals surface area contributed by atoms with Gasteiger partial charge in [-0.05, 0) is 45.3 Å². The molecule has 0 aromatic heterocycles. The summed E-state index contributed by atoms with van der Waals surface area (Å²) in [6.07, 6.45) is 0. The van der Waals surface area contributed by atoms with Gasteiger partial charge in [-0.15, -0.1) is 0 Å². The summed E-state index contributed by atoms with van der Waals surface area (Å²) in [5, 5.41) is 0. The van der Waals surface area contributed by atoms with Crippen LogP contribution in [0.4, 0.5) is 0 Å². The highest BCUT2D eigenvalue weighted by atomic mass is 15.2. The van der Waals surface area contributed by atoms with Crippen LogP contribution >= 0.6 is 0 Å². The Bertz CT molecular complexity index is 276. The third-order valence-corrected chi connectivity index (χ3v) is 8.53. The Balaban J connectivity index is 1.90. The van der Waals surface area contributed by atoms with E-state index in [1.54, 1.807) is 0 Å². The monoisotopic (exact) mass is 160 g/mol. The zero-order chi connectivity index (χ0) is 8.31. The molecule has 0 aliphatic heterocycles. The van der Waals surface area contributed by atoms with Crippen LogP contribution in [0.2, 0.25) is 0 Å². The van der Waals surface area contributed by atoms with Gasteiger partial charge in [0.1, 0.15) is 0 Å². The molecule has 6 rings (SSSR count). The summed E-state index contributed by atoms with van der Waals surface area (Å²) in [5.74, 6) is 4.78. The van der Waals surface area contributed by atoms with Crippen LogP contribution in [0.15, 0.2) is 0 Å². The molecule has 6 saturated carbocycles. The average molecular weight is 160 g/mol. The van der Waals surface area contributed by atoms with Crippen molar-refractivity contribution in [3.05, 3.63) is 0 Å². The lowest BCUT2D eigenvalue weighted by atomic mass is 8.84. The Morgan fingerprint density at radius 1 is 0.500 bits per heavy atom. The molecule has 6 fully saturated rings. The van der Waals surface area contributed by atoms with Crippen LogP contribution in [-0.2, 0) is 0 Å². The van der Waals surface area contributed by atoms with Crippen molar-refractivity contribution in [2.75, 3.05) is 0 Å². The minimum Gasteiger partial charge on any atom is -0.0582 e. The molecule has 64 valence electrons. The largest absolute Gasteiger partial charge is 0.0582 e. The summed E-state index contributed by atoms with van der Waals surface area (Å²) >= 11 is 0. The maximum absolute atomic E-state index is 2.59. The molecule has 6 aliphatic carbocycles. The molecule has 0 atom stereocenters. The van der Waals surface area contributed by atoms with E-state index in [4.69, 9.17) is 0 Å². The van der Waals surface area contributed by atoms with Gasteiger partial charge in [0.05, 0.1) is 0 Å². The van der Waals surface area contributed by atoms with Crippen LogP contribution in [0.3, 0.4) is 0 Å². The Labute approximate surface area is 73.7 Å². The molecule has 0 aromatic rings. The zero-order valence-electron chi connectivity index (χ0n) is 8.31. The van der Waals surface area contributed by atoms with Crippen LogP contribution in [0.1, 0.15) is 27.7 Å². The van der Waals surface area contributed by atoms with Crippen molar-refractivity contribution >= 4 is 0 Å². The highest BCUT2D eigenvalue weighted by molar-refractivity contribution is 5.61. The summed E-state index contributed by atoms with van der Waals surface area (Å²) in [6.45, 7) is 10.3. The highest BCUT2D eigenvalue weighted by Gasteiger charge is 3.15. The first-order valence-electron chi connectivity index (χ1n) is 5.49. The van der Waals surface area contributed by atoms with Gasteiger partial charge in [0, 0.05) is 0 Å². The minimum atomic E-state index is 0.804. The second kappa shape index (κ2) is 0.849. The summed E-state index contributed by atoms with van der Waals surface area (Å²) < 4.78 is 0. The lowest BCUT2D eigenvalue weighted by Crippen LogP contribution is -3.16. The van der Waals surface area contributed by atoms with Crippen LogP contribution in [0, 0.1) is 45.3 Å². The van der Waals surface area contributed by atoms with Crippen molar-refractivity contribution in [3.63, 3.8) is 0 Å². The fraction of sp³-hybridized carbons (Fsp3) is 1.00. The number of hydrogen-bond acceptors (Lipinski definition) is 0. The second-order valence-corrected chi connectivity index (χ2v) is 6.91. The van der Waals surface area contributed by atoms with Crippen molar-refractivity contribution in [1.82, 2.24) is 0 Å². The van der Waals surface area contributed by atoms with E-state index >= 15 is 0 Å². The first-order chi connectivity index (χ1) is 5.49. The van der Waals surface area contributed by atoms with E-state index in [0.717, 1.165) is 21.7 Å². The first kappa shape index (κ1) is 5.67. The van der Waals surface area contributed by atoms with Gasteiger partial charge in [0.2, 0.25) is 0 Å². The molecule has 0 spiro atoms. The van der Waals surface area contributed by atoms with Crippen molar-refractivity contribution in [2.24, 2.45) is 45.3 Å². The van der Waals surface area contributed by atoms with E-state index in [0.29, 0.717) is 0 Å². The predicted molar refractivity (Wildman–Crippen MR) is 46.4 cm³/mol. The van der Waals surface area contributed by atoms with Crippen LogP contribution < -0.4 is 0 Å². The normalized spacial score (nSPS) is 101. The summed E-state index contributed by atoms with van der Waals surface area (Å²) in [5.41, 5.74) is 3.22. The Morgan fingerprint density at radius 3 is 0.833 bits per heavy atom. The molecule has 0 heteroatoms. The fourth-order valence-electron chi connectivity index (χ4n) is 8.10. The Morgan fingerprint density at radius 2 is 0.667 bits per heavy atom. The maximum atomic E-state index is 2.59. The SMILES string of the molecule is CC12C3C4C5C3C1(C)C5(C)C42C. The van der Waals surface area contributed by atoms with Gasteiger partial charge in [-0.2, -0.15) is 0 Å². The number of hydrogen-bond donors (Lipinski definition) is 0. The van der Waals surface area contributed by atoms with Crippen LogP contribution in [-0.4, -0.2) is 0 Å². The van der Waals surface area contributed by atoms with E-state index in [1.165, 1.54) is 23.7 Å². The van der Waals surface area contributed by atoms with E-state index in [2.05, 4.69) is 27.7 Å². The lowest BCUT2D eigenvalue weighted by Gasteiger charge is -3.19. The smallest absolute Gasteiger partial charge is 0.0167 e. The van der Waals surface area contributed by atoms with Crippen molar-refractivity contribution in [2.45, 2.75) is 27.7 Å². The molecule has 0 aromatic carbocycles. The van der Waals surface area contributed by atoms with Crippen molar-refractivity contribution < 1.29 is 0 Å². The average Bonchev–Trinajstić information content (AvgIpc) is 1.97. The molecule has 0 heterocycles. The molecule has 0 N–H and O–H groups in total. The molecule has 6 aliphatic rings. The van der Waals surface area contributed by atoms with E-state index in [1.807, 2.05) is 0 Å².